The highest BCUT2D eigenvalue weighted by Crippen LogP contribution is 2.37. The van der Waals surface area contributed by atoms with Crippen molar-refractivity contribution in [3.8, 4) is 11.5 Å². The summed E-state index contributed by atoms with van der Waals surface area (Å²) in [5.41, 5.74) is -6.53. The van der Waals surface area contributed by atoms with E-state index in [-0.39, 0.29) is 0 Å². The number of hydrogen-bond donors (Lipinski definition) is 2. The highest BCUT2D eigenvalue weighted by Gasteiger charge is 2.25. The van der Waals surface area contributed by atoms with Gasteiger partial charge in [-0.15, -0.1) is 0 Å². The molecule has 0 bridgehead atoms. The Kier molecular flexibility index (Phi) is 12.4. The van der Waals surface area contributed by atoms with E-state index in [1.807, 2.05) is 59.7 Å². The SMILES string of the molecule is C1=C[NH2+]C=C1.C1=C[NH2+]C=C1.O=[N+]([O-])c1cc([N+](=O)[O-])c([O-])c([N+](=O)[O-])c1.O=[N+]([O-])c1cc([N+](=O)[O-])c([O-])c([N+](=O)[O-])c1. The molecule has 0 aromatic heterocycles. The lowest BCUT2D eigenvalue weighted by Gasteiger charge is -2.06. The number of nitro groups is 6. The molecule has 2 aliphatic rings. The maximum Gasteiger partial charge on any atom is 0.283 e. The van der Waals surface area contributed by atoms with E-state index < -0.39 is 75.2 Å². The van der Waals surface area contributed by atoms with Crippen LogP contribution in [-0.2, 0) is 0 Å². The smallest absolute Gasteiger partial charge is 0.283 e. The first-order chi connectivity index (χ1) is 19.7. The van der Waals surface area contributed by atoms with E-state index in [1.165, 1.54) is 0 Å². The van der Waals surface area contributed by atoms with Gasteiger partial charge in [-0.2, -0.15) is 0 Å². The van der Waals surface area contributed by atoms with Gasteiger partial charge in [0, 0.05) is 0 Å². The van der Waals surface area contributed by atoms with Gasteiger partial charge in [0.25, 0.3) is 34.1 Å². The van der Waals surface area contributed by atoms with Crippen LogP contribution >= 0.6 is 0 Å². The maximum absolute atomic E-state index is 11.1. The van der Waals surface area contributed by atoms with Crippen LogP contribution in [0.3, 0.4) is 0 Å². The number of nitro benzene ring substituents is 6. The van der Waals surface area contributed by atoms with Gasteiger partial charge < -0.3 is 10.2 Å². The summed E-state index contributed by atoms with van der Waals surface area (Å²) in [5, 5.41) is 88.2. The minimum absolute atomic E-state index is 0.384. The molecule has 0 unspecified atom stereocenters. The second kappa shape index (κ2) is 15.7. The molecule has 0 radical (unpaired) electrons. The van der Waals surface area contributed by atoms with Crippen molar-refractivity contribution in [2.75, 3.05) is 0 Å². The molecule has 4 N–H and O–H groups in total. The van der Waals surface area contributed by atoms with Crippen LogP contribution in [0, 0.1) is 60.7 Å². The number of allylic oxidation sites excluding steroid dienone is 4. The van der Waals surface area contributed by atoms with Crippen LogP contribution in [0.15, 0.2) is 73.4 Å². The molecule has 0 saturated heterocycles. The summed E-state index contributed by atoms with van der Waals surface area (Å²) in [7, 11) is 0. The highest BCUT2D eigenvalue weighted by molar-refractivity contribution is 5.64. The summed E-state index contributed by atoms with van der Waals surface area (Å²) in [6.07, 6.45) is 16.0. The van der Waals surface area contributed by atoms with E-state index in [0.29, 0.717) is 24.3 Å². The molecule has 0 amide bonds. The van der Waals surface area contributed by atoms with E-state index in [1.54, 1.807) is 0 Å². The van der Waals surface area contributed by atoms with Crippen LogP contribution in [0.4, 0.5) is 34.1 Å². The van der Waals surface area contributed by atoms with Gasteiger partial charge in [-0.25, -0.2) is 0 Å². The number of quaternary nitrogens is 2. The molecular formula is C20H16N8O14. The normalized spacial score (nSPS) is 11.6. The summed E-state index contributed by atoms with van der Waals surface area (Å²) < 4.78 is 0. The van der Waals surface area contributed by atoms with Crippen LogP contribution in [-0.4, -0.2) is 29.5 Å². The minimum atomic E-state index is -1.46. The second-order valence-electron chi connectivity index (χ2n) is 7.09. The van der Waals surface area contributed by atoms with Gasteiger partial charge in [0.1, 0.15) is 0 Å². The molecule has 0 atom stereocenters. The number of rotatable bonds is 6. The van der Waals surface area contributed by atoms with Gasteiger partial charge in [-0.05, 0) is 24.3 Å². The predicted octanol–water partition coefficient (Wildman–Crippen LogP) is 0.151. The summed E-state index contributed by atoms with van der Waals surface area (Å²) in [4.78, 5) is 55.0. The largest absolute Gasteiger partial charge is 0.863 e. The van der Waals surface area contributed by atoms with Crippen molar-refractivity contribution in [2.24, 2.45) is 0 Å². The fourth-order valence-corrected chi connectivity index (χ4v) is 2.56. The molecule has 22 nitrogen and oxygen atoms in total. The van der Waals surface area contributed by atoms with Crippen LogP contribution in [0.2, 0.25) is 0 Å². The molecule has 2 aliphatic heterocycles. The molecule has 0 aliphatic carbocycles. The summed E-state index contributed by atoms with van der Waals surface area (Å²) in [5.74, 6) is -2.92. The van der Waals surface area contributed by atoms with Crippen molar-refractivity contribution in [1.82, 2.24) is 0 Å². The first kappa shape index (κ1) is 33.3. The molecule has 2 heterocycles. The fraction of sp³-hybridized carbons (Fsp3) is 0. The van der Waals surface area contributed by atoms with Crippen molar-refractivity contribution < 1.29 is 50.4 Å². The van der Waals surface area contributed by atoms with Crippen LogP contribution in [0.25, 0.3) is 0 Å². The number of hydrogen-bond acceptors (Lipinski definition) is 14. The van der Waals surface area contributed by atoms with Crippen LogP contribution < -0.4 is 20.8 Å². The third-order valence-electron chi connectivity index (χ3n) is 4.39. The van der Waals surface area contributed by atoms with Crippen molar-refractivity contribution >= 4 is 34.1 Å². The Bertz CT molecular complexity index is 1330. The zero-order valence-electron chi connectivity index (χ0n) is 20.5. The molecule has 0 saturated carbocycles. The zero-order chi connectivity index (χ0) is 32.0. The third kappa shape index (κ3) is 9.89. The summed E-state index contributed by atoms with van der Waals surface area (Å²) in [6.45, 7) is 0. The average molecular weight is 592 g/mol. The van der Waals surface area contributed by atoms with E-state index in [9.17, 15) is 70.9 Å². The van der Waals surface area contributed by atoms with Gasteiger partial charge >= 0.3 is 0 Å². The number of nitrogens with zero attached hydrogens (tertiary/aromatic N) is 6. The quantitative estimate of drug-likeness (QED) is 0.333. The molecule has 4 rings (SSSR count). The summed E-state index contributed by atoms with van der Waals surface area (Å²) >= 11 is 0. The Morgan fingerprint density at radius 3 is 0.738 bits per heavy atom. The predicted molar refractivity (Wildman–Crippen MR) is 132 cm³/mol. The summed E-state index contributed by atoms with van der Waals surface area (Å²) in [6, 6.07) is 1.54. The van der Waals surface area contributed by atoms with Crippen molar-refractivity contribution in [2.45, 2.75) is 0 Å². The van der Waals surface area contributed by atoms with E-state index >= 15 is 0 Å². The molecule has 220 valence electrons. The number of benzene rings is 2. The van der Waals surface area contributed by atoms with Gasteiger partial charge in [0.15, 0.2) is 0 Å². The Labute approximate surface area is 230 Å². The molecule has 0 spiro atoms. The highest BCUT2D eigenvalue weighted by atomic mass is 16.7. The van der Waals surface area contributed by atoms with Crippen LogP contribution in [0.1, 0.15) is 0 Å². The molecule has 2 aromatic rings. The van der Waals surface area contributed by atoms with Gasteiger partial charge in [0.2, 0.25) is 0 Å². The lowest BCUT2D eigenvalue weighted by molar-refractivity contribution is -0.510. The van der Waals surface area contributed by atoms with Gasteiger partial charge in [-0.3, -0.25) is 71.3 Å². The van der Waals surface area contributed by atoms with Gasteiger partial charge in [0.05, 0.1) is 90.1 Å². The van der Waals surface area contributed by atoms with Crippen molar-refractivity contribution in [3.63, 3.8) is 0 Å². The van der Waals surface area contributed by atoms with E-state index in [4.69, 9.17) is 0 Å². The van der Waals surface area contributed by atoms with E-state index in [0.717, 1.165) is 0 Å². The first-order valence-corrected chi connectivity index (χ1v) is 10.6. The third-order valence-corrected chi connectivity index (χ3v) is 4.39. The van der Waals surface area contributed by atoms with Crippen LogP contribution in [0.5, 0.6) is 11.5 Å². The maximum atomic E-state index is 11.1. The van der Waals surface area contributed by atoms with Gasteiger partial charge in [-0.1, -0.05) is 0 Å². The zero-order valence-corrected chi connectivity index (χ0v) is 20.5. The van der Waals surface area contributed by atoms with E-state index in [2.05, 4.69) is 0 Å². The molecule has 22 heteroatoms. The monoisotopic (exact) mass is 592 g/mol. The molecular weight excluding hydrogens is 576 g/mol. The number of non-ortho nitro benzene ring substituents is 2. The Morgan fingerprint density at radius 1 is 0.405 bits per heavy atom. The van der Waals surface area contributed by atoms with Crippen molar-refractivity contribution in [3.05, 3.63) is 134 Å². The average Bonchev–Trinajstić information content (AvgIpc) is 3.68. The fourth-order valence-electron chi connectivity index (χ4n) is 2.56. The Balaban J connectivity index is 0.000000315. The van der Waals surface area contributed by atoms with Crippen molar-refractivity contribution in [1.29, 1.82) is 0 Å². The molecule has 42 heavy (non-hydrogen) atoms. The number of nitrogens with two attached hydrogens (primary N) is 2. The lowest BCUT2D eigenvalue weighted by atomic mass is 10.2. The standard InChI is InChI=1S/2C6H3N3O7.2C4H5N/c2*10-6-4(8(13)14)1-3(7(11)12)2-5(6)9(15)16;2*1-2-4-5-3-1/h2*1-2,10H;2*1-5H. The topological polar surface area (TPSA) is 338 Å². The Hall–Kier alpha value is -6.68. The lowest BCUT2D eigenvalue weighted by Crippen LogP contribution is -2.69. The minimum Gasteiger partial charge on any atom is -0.863 e. The first-order valence-electron chi connectivity index (χ1n) is 10.6. The molecule has 2 aromatic carbocycles. The Morgan fingerprint density at radius 2 is 0.619 bits per heavy atom. The second-order valence-corrected chi connectivity index (χ2v) is 7.09. The molecule has 0 fully saturated rings.